The number of aliphatic hydroxyl groups excluding tert-OH is 2. The third-order valence-electron chi connectivity index (χ3n) is 23.0. The number of oxazole rings is 1. The summed E-state index contributed by atoms with van der Waals surface area (Å²) in [6, 6.07) is 112. The molecule has 2 unspecified atom stereocenters. The fourth-order valence-corrected chi connectivity index (χ4v) is 16.9. The third kappa shape index (κ3) is 24.6. The number of benzene rings is 11. The molecule has 22 rings (SSSR count). The zero-order valence-electron chi connectivity index (χ0n) is 83.2. The summed E-state index contributed by atoms with van der Waals surface area (Å²) in [4.78, 5) is 38.9. The summed E-state index contributed by atoms with van der Waals surface area (Å²) in [5.74, 6) is 6.81. The van der Waals surface area contributed by atoms with E-state index in [9.17, 15) is 5.11 Å². The first-order valence-electron chi connectivity index (χ1n) is 46.5. The maximum atomic E-state index is 9.69. The van der Waals surface area contributed by atoms with Crippen LogP contribution in [0, 0.1) is 30.3 Å². The monoisotopic (exact) mass is 2610 g/mol. The van der Waals surface area contributed by atoms with Gasteiger partial charge in [0.05, 0.1) is 29.2 Å². The number of aliphatic hydroxyl groups is 2. The van der Waals surface area contributed by atoms with Crippen LogP contribution >= 0.6 is 11.3 Å². The van der Waals surface area contributed by atoms with Crippen molar-refractivity contribution in [3.63, 3.8) is 0 Å². The van der Waals surface area contributed by atoms with Gasteiger partial charge in [0.1, 0.15) is 34.6 Å². The number of nitrogens with zero attached hydrogens (tertiary/aromatic N) is 16. The van der Waals surface area contributed by atoms with E-state index in [1.807, 2.05) is 134 Å². The molecule has 0 aliphatic heterocycles. The maximum absolute atomic E-state index is 9.69. The van der Waals surface area contributed by atoms with Crippen molar-refractivity contribution in [1.29, 1.82) is 0 Å². The van der Waals surface area contributed by atoms with E-state index in [0.717, 1.165) is 123 Å². The van der Waals surface area contributed by atoms with Crippen molar-refractivity contribution in [3.8, 4) is 51.3 Å². The molecule has 4 radical (unpaired) electrons. The first-order chi connectivity index (χ1) is 65.8. The quantitative estimate of drug-likeness (QED) is 0.120. The van der Waals surface area contributed by atoms with Crippen molar-refractivity contribution in [2.24, 2.45) is 0 Å². The number of para-hydroxylation sites is 11. The van der Waals surface area contributed by atoms with Gasteiger partial charge in [-0.1, -0.05) is 268 Å². The van der Waals surface area contributed by atoms with E-state index in [0.29, 0.717) is 29.8 Å². The van der Waals surface area contributed by atoms with Crippen LogP contribution in [0.25, 0.3) is 154 Å². The molecule has 0 amide bonds. The van der Waals surface area contributed by atoms with Crippen molar-refractivity contribution in [1.82, 2.24) is 78.5 Å². The molecule has 0 bridgehead atoms. The van der Waals surface area contributed by atoms with E-state index < -0.39 is 0 Å². The molecule has 0 aliphatic carbocycles. The predicted molar refractivity (Wildman–Crippen MR) is 562 cm³/mol. The Morgan fingerprint density at radius 3 is 1.03 bits per heavy atom. The number of thiophene rings is 1. The smallest absolute Gasteiger partial charge is 0.236 e. The third-order valence-corrected chi connectivity index (χ3v) is 24.0. The Bertz CT molecular complexity index is 7350. The standard InChI is InChI=1S/2C23H25N4.2C20H18N3.C13H9NO2.C13H8NS.C5H12O2.4Ir/c2*1-22(2,3)19-24-20(23(4,5)6)26-21(25-19)27-17-13-9-7-11-15(17)16-12-8-10-14-18(16)27;2*1-20(2,3)18-12-13-19(22-21-18)23-16-10-6-4-8-14(16)15-9-5-7-11-17(15)23;15-11-7-3-1-5-9(11)13-14-10-6-2-4-8-12(10)16-13;1-2-7-12-10(5-1)9-13(15-12)11-6-3-4-8-14-11;1-4(6)3-5(2)7;;;;/h2*7-13H,1-6H3;2*4-10,12-13H,1-3H3;1-8,15H;1-8H;4-7H,3H2,1-2H3;;;;/q4*-1;;-1;;;;;. The van der Waals surface area contributed by atoms with Crippen molar-refractivity contribution >= 4 is 120 Å². The number of hydrogen-bond acceptors (Lipinski definition) is 17. The number of rotatable bonds is 8. The summed E-state index contributed by atoms with van der Waals surface area (Å²) in [6.45, 7) is 41.8. The molecule has 3 N–H and O–H groups in total. The average Bonchev–Trinajstić information content (AvgIpc) is 1.60. The summed E-state index contributed by atoms with van der Waals surface area (Å²) in [6.07, 6.45) is 1.54. The first-order valence-corrected chi connectivity index (χ1v) is 47.3. The van der Waals surface area contributed by atoms with Gasteiger partial charge >= 0.3 is 0 Å². The molecule has 142 heavy (non-hydrogen) atoms. The van der Waals surface area contributed by atoms with Gasteiger partial charge in [-0.05, 0) is 130 Å². The molecule has 0 saturated heterocycles. The summed E-state index contributed by atoms with van der Waals surface area (Å²) >= 11 is 1.73. The van der Waals surface area contributed by atoms with Gasteiger partial charge in [0, 0.05) is 147 Å². The topological polar surface area (TPSA) is 248 Å². The number of fused-ring (bicyclic) bond motifs is 14. The number of phenols is 1. The first kappa shape index (κ1) is 109. The molecule has 0 saturated carbocycles. The average molecular weight is 2610 g/mol. The van der Waals surface area contributed by atoms with Gasteiger partial charge < -0.3 is 43.0 Å². The molecule has 11 aromatic carbocycles. The Balaban J connectivity index is 0.000000151. The van der Waals surface area contributed by atoms with Crippen LogP contribution < -0.4 is 0 Å². The summed E-state index contributed by atoms with van der Waals surface area (Å²) in [5.41, 5.74) is 12.9. The fraction of sp³-hybridized carbons (Fsp3) is 0.248. The van der Waals surface area contributed by atoms with Crippen LogP contribution in [0.3, 0.4) is 0 Å². The summed E-state index contributed by atoms with van der Waals surface area (Å²) in [5, 5.41) is 55.3. The molecule has 734 valence electrons. The zero-order chi connectivity index (χ0) is 97.8. The molecule has 2 atom stereocenters. The van der Waals surface area contributed by atoms with E-state index >= 15 is 0 Å². The van der Waals surface area contributed by atoms with Crippen LogP contribution in [0.4, 0.5) is 0 Å². The van der Waals surface area contributed by atoms with Gasteiger partial charge in [-0.2, -0.15) is 127 Å². The SMILES string of the molecule is CC(C)(C)c1ccc(-n2c3[c-]cccc3c3ccccc32)nn1.CC(C)(C)c1ccc(-n2c3[c-]cccc3c3ccccc32)nn1.CC(C)(C)c1nc(-n2c3[c-]cccc3c3ccccc32)nc(C(C)(C)C)n1.CC(C)(C)c1nc(-n2c3[c-]cccc3c3ccccc32)nc(C(C)(C)C)n1.CC(O)CC(C)O.Oc1ccccc1-c1nc2ccccc2o1.[Ir].[Ir].[Ir].[Ir].[c-]1c(-c2ccccn2)sc2ccccc12. The van der Waals surface area contributed by atoms with E-state index in [1.165, 1.54) is 42.4 Å². The minimum absolute atomic E-state index is 0. The van der Waals surface area contributed by atoms with Crippen LogP contribution in [-0.4, -0.2) is 106 Å². The molecular weight excluding hydrogens is 2490 g/mol. The minimum Gasteiger partial charge on any atom is -0.507 e. The van der Waals surface area contributed by atoms with Gasteiger partial charge in [-0.15, -0.1) is 55.3 Å². The van der Waals surface area contributed by atoms with Crippen LogP contribution in [0.5, 0.6) is 5.75 Å². The van der Waals surface area contributed by atoms with E-state index in [4.69, 9.17) is 44.5 Å². The second-order valence-corrected chi connectivity index (χ2v) is 41.5. The maximum Gasteiger partial charge on any atom is 0.236 e. The van der Waals surface area contributed by atoms with E-state index in [-0.39, 0.29) is 131 Å². The van der Waals surface area contributed by atoms with E-state index in [1.54, 1.807) is 43.4 Å². The van der Waals surface area contributed by atoms with Crippen LogP contribution in [0.1, 0.15) is 180 Å². The van der Waals surface area contributed by atoms with Crippen molar-refractivity contribution in [2.45, 2.75) is 190 Å². The number of hydrogen-bond donors (Lipinski definition) is 3. The Kier molecular flexibility index (Phi) is 34.8. The number of phenolic OH excluding ortho intramolecular Hbond substituents is 1. The fourth-order valence-electron chi connectivity index (χ4n) is 15.9. The van der Waals surface area contributed by atoms with Crippen LogP contribution in [0.2, 0.25) is 0 Å². The number of aromatic nitrogens is 16. The largest absolute Gasteiger partial charge is 0.507 e. The molecule has 0 aliphatic rings. The molecule has 22 aromatic rings. The normalized spacial score (nSPS) is 12.1. The van der Waals surface area contributed by atoms with Crippen molar-refractivity contribution < 1.29 is 100 Å². The molecule has 0 spiro atoms. The second-order valence-electron chi connectivity index (χ2n) is 40.5. The Morgan fingerprint density at radius 2 is 0.683 bits per heavy atom. The Morgan fingerprint density at radius 1 is 0.338 bits per heavy atom. The molecule has 20 nitrogen and oxygen atoms in total. The Labute approximate surface area is 887 Å². The minimum atomic E-state index is -0.375. The molecular formula is C117H115Ir4N16O4S-5. The zero-order valence-corrected chi connectivity index (χ0v) is 93.6. The second kappa shape index (κ2) is 45.5. The predicted octanol–water partition coefficient (Wildman–Crippen LogP) is 27.2. The molecule has 11 heterocycles. The number of pyridine rings is 1. The van der Waals surface area contributed by atoms with Crippen LogP contribution in [-0.2, 0) is 113 Å². The van der Waals surface area contributed by atoms with Crippen molar-refractivity contribution in [2.75, 3.05) is 0 Å². The van der Waals surface area contributed by atoms with Gasteiger partial charge in [-0.3, -0.25) is 0 Å². The van der Waals surface area contributed by atoms with Gasteiger partial charge in [0.2, 0.25) is 17.8 Å². The van der Waals surface area contributed by atoms with Gasteiger partial charge in [-0.25, -0.2) is 26.3 Å². The number of aromatic hydroxyl groups is 1. The molecule has 11 aromatic heterocycles. The van der Waals surface area contributed by atoms with E-state index in [2.05, 4.69) is 343 Å². The summed E-state index contributed by atoms with van der Waals surface area (Å²) < 4.78 is 15.3. The van der Waals surface area contributed by atoms with Gasteiger partial charge in [0.15, 0.2) is 17.2 Å². The van der Waals surface area contributed by atoms with Crippen LogP contribution in [0.15, 0.2) is 296 Å². The molecule has 25 heteroatoms. The Hall–Kier alpha value is -12.3. The van der Waals surface area contributed by atoms with Crippen molar-refractivity contribution in [3.05, 3.63) is 356 Å². The molecule has 0 fully saturated rings. The summed E-state index contributed by atoms with van der Waals surface area (Å²) in [7, 11) is 0. The van der Waals surface area contributed by atoms with Gasteiger partial charge in [0.25, 0.3) is 0 Å².